The average molecular weight is 759 g/mol. The van der Waals surface area contributed by atoms with E-state index < -0.39 is 6.10 Å². The summed E-state index contributed by atoms with van der Waals surface area (Å²) in [5.41, 5.74) is 0. The van der Waals surface area contributed by atoms with Crippen molar-refractivity contribution in [2.75, 3.05) is 13.2 Å². The van der Waals surface area contributed by atoms with Crippen LogP contribution in [-0.2, 0) is 28.6 Å². The van der Waals surface area contributed by atoms with Crippen molar-refractivity contribution in [1.82, 2.24) is 0 Å². The first-order valence-electron chi connectivity index (χ1n) is 23.0. The van der Waals surface area contributed by atoms with Crippen LogP contribution in [0.5, 0.6) is 0 Å². The molecule has 0 heterocycles. The van der Waals surface area contributed by atoms with Gasteiger partial charge in [-0.1, -0.05) is 205 Å². The summed E-state index contributed by atoms with van der Waals surface area (Å²) >= 11 is 0. The Bertz CT molecular complexity index is 922. The Balaban J connectivity index is 4.37. The number of allylic oxidation sites excluding steroid dienone is 6. The van der Waals surface area contributed by atoms with E-state index in [0.717, 1.165) is 64.2 Å². The molecule has 0 aromatic carbocycles. The molecule has 6 heteroatoms. The Morgan fingerprint density at radius 2 is 0.722 bits per heavy atom. The quantitative estimate of drug-likeness (QED) is 0.0267. The predicted molar refractivity (Wildman–Crippen MR) is 229 cm³/mol. The highest BCUT2D eigenvalue weighted by atomic mass is 16.6. The van der Waals surface area contributed by atoms with Gasteiger partial charge in [-0.15, -0.1) is 0 Å². The zero-order chi connectivity index (χ0) is 39.4. The topological polar surface area (TPSA) is 78.9 Å². The van der Waals surface area contributed by atoms with Gasteiger partial charge in [-0.3, -0.25) is 14.4 Å². The molecule has 0 fully saturated rings. The van der Waals surface area contributed by atoms with Crippen molar-refractivity contribution in [3.05, 3.63) is 36.5 Å². The van der Waals surface area contributed by atoms with Crippen LogP contribution in [0.4, 0.5) is 0 Å². The summed E-state index contributed by atoms with van der Waals surface area (Å²) in [6, 6.07) is 0. The van der Waals surface area contributed by atoms with E-state index in [4.69, 9.17) is 14.2 Å². The van der Waals surface area contributed by atoms with E-state index in [-0.39, 0.29) is 37.5 Å². The van der Waals surface area contributed by atoms with Crippen molar-refractivity contribution >= 4 is 17.9 Å². The van der Waals surface area contributed by atoms with Crippen LogP contribution < -0.4 is 0 Å². The Morgan fingerprint density at radius 3 is 1.11 bits per heavy atom. The summed E-state index contributed by atoms with van der Waals surface area (Å²) in [6.07, 6.45) is 48.5. The van der Waals surface area contributed by atoms with Crippen LogP contribution in [0, 0.1) is 0 Å². The number of hydrogen-bond donors (Lipinski definition) is 0. The third-order valence-electron chi connectivity index (χ3n) is 9.91. The molecule has 54 heavy (non-hydrogen) atoms. The molecular weight excluding hydrogens is 673 g/mol. The van der Waals surface area contributed by atoms with Gasteiger partial charge >= 0.3 is 17.9 Å². The zero-order valence-electron chi connectivity index (χ0n) is 35.7. The minimum atomic E-state index is -0.790. The first-order valence-corrected chi connectivity index (χ1v) is 23.0. The molecule has 6 nitrogen and oxygen atoms in total. The second-order valence-electron chi connectivity index (χ2n) is 15.3. The summed E-state index contributed by atoms with van der Waals surface area (Å²) < 4.78 is 16.6. The maximum atomic E-state index is 12.7. The van der Waals surface area contributed by atoms with Crippen LogP contribution in [0.25, 0.3) is 0 Å². The van der Waals surface area contributed by atoms with Gasteiger partial charge in [-0.25, -0.2) is 0 Å². The van der Waals surface area contributed by atoms with Crippen molar-refractivity contribution in [1.29, 1.82) is 0 Å². The van der Waals surface area contributed by atoms with Crippen LogP contribution in [0.15, 0.2) is 36.5 Å². The summed E-state index contributed by atoms with van der Waals surface area (Å²) in [4.78, 5) is 37.7. The lowest BCUT2D eigenvalue weighted by molar-refractivity contribution is -0.167. The second-order valence-corrected chi connectivity index (χ2v) is 15.3. The third kappa shape index (κ3) is 40.8. The summed E-state index contributed by atoms with van der Waals surface area (Å²) in [5.74, 6) is -0.941. The summed E-state index contributed by atoms with van der Waals surface area (Å²) in [6.45, 7) is 6.46. The van der Waals surface area contributed by atoms with Gasteiger partial charge in [-0.2, -0.15) is 0 Å². The number of ether oxygens (including phenoxy) is 3. The van der Waals surface area contributed by atoms with Gasteiger partial charge in [0, 0.05) is 19.3 Å². The van der Waals surface area contributed by atoms with Crippen molar-refractivity contribution in [2.45, 2.75) is 239 Å². The highest BCUT2D eigenvalue weighted by Crippen LogP contribution is 2.15. The molecule has 0 amide bonds. The number of hydrogen-bond acceptors (Lipinski definition) is 6. The number of unbranched alkanes of at least 4 members (excludes halogenated alkanes) is 24. The Hall–Kier alpha value is -2.37. The van der Waals surface area contributed by atoms with Crippen LogP contribution in [-0.4, -0.2) is 37.2 Å². The van der Waals surface area contributed by atoms with E-state index in [9.17, 15) is 14.4 Å². The highest BCUT2D eigenvalue weighted by Gasteiger charge is 2.19. The van der Waals surface area contributed by atoms with Gasteiger partial charge in [0.2, 0.25) is 0 Å². The van der Waals surface area contributed by atoms with E-state index >= 15 is 0 Å². The van der Waals surface area contributed by atoms with Crippen molar-refractivity contribution in [3.8, 4) is 0 Å². The first kappa shape index (κ1) is 51.6. The van der Waals surface area contributed by atoms with Gasteiger partial charge in [0.1, 0.15) is 13.2 Å². The molecule has 0 N–H and O–H groups in total. The second kappa shape index (κ2) is 43.4. The molecule has 0 radical (unpaired) electrons. The fourth-order valence-electron chi connectivity index (χ4n) is 6.47. The molecule has 0 aromatic heterocycles. The van der Waals surface area contributed by atoms with Crippen molar-refractivity contribution in [2.24, 2.45) is 0 Å². The summed E-state index contributed by atoms with van der Waals surface area (Å²) in [5, 5.41) is 0. The number of carbonyl (C=O) groups excluding carboxylic acids is 3. The molecule has 0 rings (SSSR count). The van der Waals surface area contributed by atoms with Gasteiger partial charge in [0.15, 0.2) is 6.10 Å². The molecule has 0 spiro atoms. The predicted octanol–water partition coefficient (Wildman–Crippen LogP) is 14.6. The molecule has 0 aliphatic heterocycles. The minimum Gasteiger partial charge on any atom is -0.462 e. The SMILES string of the molecule is CC/C=C\C/C=C\C/C=C\CCCC(=O)OC(COC(=O)CCCCCCCCCCCC)COC(=O)CCCCCCCCCCCCCCCCC. The molecule has 0 aliphatic carbocycles. The minimum absolute atomic E-state index is 0.0888. The third-order valence-corrected chi connectivity index (χ3v) is 9.91. The van der Waals surface area contributed by atoms with Crippen molar-refractivity contribution in [3.63, 3.8) is 0 Å². The Kier molecular flexibility index (Phi) is 41.5. The van der Waals surface area contributed by atoms with E-state index in [1.165, 1.54) is 122 Å². The standard InChI is InChI=1S/C48H86O6/c1-4-7-10-13-16-19-22-23-24-25-27-29-32-35-38-41-47(50)53-44-45(43-52-46(49)40-37-34-31-28-21-18-15-12-9-6-3)54-48(51)42-39-36-33-30-26-20-17-14-11-8-5-2/h8,11,17,20,30,33,45H,4-7,9-10,12-16,18-19,21-29,31-32,34-44H2,1-3H3/b11-8-,20-17-,33-30-. The van der Waals surface area contributed by atoms with Gasteiger partial charge in [-0.05, 0) is 44.9 Å². The fraction of sp³-hybridized carbons (Fsp3) is 0.812. The molecule has 1 atom stereocenters. The molecule has 0 bridgehead atoms. The number of esters is 3. The van der Waals surface area contributed by atoms with Crippen molar-refractivity contribution < 1.29 is 28.6 Å². The van der Waals surface area contributed by atoms with Gasteiger partial charge in [0.05, 0.1) is 0 Å². The summed E-state index contributed by atoms with van der Waals surface area (Å²) in [7, 11) is 0. The Morgan fingerprint density at radius 1 is 0.389 bits per heavy atom. The van der Waals surface area contributed by atoms with Crippen LogP contribution in [0.2, 0.25) is 0 Å². The van der Waals surface area contributed by atoms with Crippen LogP contribution >= 0.6 is 0 Å². The molecule has 0 saturated carbocycles. The van der Waals surface area contributed by atoms with Gasteiger partial charge in [0.25, 0.3) is 0 Å². The van der Waals surface area contributed by atoms with E-state index in [1.54, 1.807) is 0 Å². The van der Waals surface area contributed by atoms with Gasteiger partial charge < -0.3 is 14.2 Å². The monoisotopic (exact) mass is 759 g/mol. The van der Waals surface area contributed by atoms with Crippen LogP contribution in [0.3, 0.4) is 0 Å². The smallest absolute Gasteiger partial charge is 0.306 e. The lowest BCUT2D eigenvalue weighted by atomic mass is 10.0. The van der Waals surface area contributed by atoms with Crippen LogP contribution in [0.1, 0.15) is 233 Å². The molecule has 0 aliphatic rings. The molecule has 314 valence electrons. The zero-order valence-corrected chi connectivity index (χ0v) is 35.7. The molecular formula is C48H86O6. The molecule has 1 unspecified atom stereocenters. The molecule has 0 aromatic rings. The molecule has 0 saturated heterocycles. The lowest BCUT2D eigenvalue weighted by Crippen LogP contribution is -2.30. The fourth-order valence-corrected chi connectivity index (χ4v) is 6.47. The maximum Gasteiger partial charge on any atom is 0.306 e. The average Bonchev–Trinajstić information content (AvgIpc) is 3.17. The van der Waals surface area contributed by atoms with E-state index in [0.29, 0.717) is 19.3 Å². The Labute approximate surface area is 334 Å². The number of carbonyl (C=O) groups is 3. The van der Waals surface area contributed by atoms with E-state index in [1.807, 2.05) is 0 Å². The largest absolute Gasteiger partial charge is 0.462 e. The number of rotatable bonds is 41. The first-order chi connectivity index (χ1) is 26.5. The maximum absolute atomic E-state index is 12.7. The highest BCUT2D eigenvalue weighted by molar-refractivity contribution is 5.71. The lowest BCUT2D eigenvalue weighted by Gasteiger charge is -2.18. The normalized spacial score (nSPS) is 12.3. The van der Waals surface area contributed by atoms with E-state index in [2.05, 4.69) is 57.2 Å².